The Kier molecular flexibility index (Phi) is 5.89. The maximum atomic E-state index is 12.7. The van der Waals surface area contributed by atoms with Gasteiger partial charge in [0.05, 0.1) is 12.6 Å². The lowest BCUT2D eigenvalue weighted by Gasteiger charge is -2.41. The number of carbonyl (C=O) groups excluding carboxylic acids is 1. The van der Waals surface area contributed by atoms with Gasteiger partial charge < -0.3 is 4.74 Å². The van der Waals surface area contributed by atoms with Crippen LogP contribution < -0.4 is 0 Å². The highest BCUT2D eigenvalue weighted by molar-refractivity contribution is 5.77. The van der Waals surface area contributed by atoms with E-state index < -0.39 is 0 Å². The minimum Gasteiger partial charge on any atom is -0.465 e. The largest absolute Gasteiger partial charge is 0.465 e. The molecule has 0 N–H and O–H groups in total. The molecule has 136 valence electrons. The topological polar surface area (TPSA) is 29.5 Å². The van der Waals surface area contributed by atoms with Crippen molar-refractivity contribution in [2.24, 2.45) is 0 Å². The first-order valence-electron chi connectivity index (χ1n) is 9.29. The summed E-state index contributed by atoms with van der Waals surface area (Å²) in [7, 11) is 0. The van der Waals surface area contributed by atoms with Crippen LogP contribution in [-0.4, -0.2) is 30.1 Å². The van der Waals surface area contributed by atoms with Gasteiger partial charge in [0.25, 0.3) is 0 Å². The molecule has 0 fully saturated rings. The van der Waals surface area contributed by atoms with E-state index in [1.54, 1.807) is 0 Å². The van der Waals surface area contributed by atoms with Crippen molar-refractivity contribution in [3.63, 3.8) is 0 Å². The van der Waals surface area contributed by atoms with Crippen LogP contribution in [0, 0.1) is 0 Å². The average molecular weight is 349 g/mol. The predicted molar refractivity (Wildman–Crippen MR) is 105 cm³/mol. The molecule has 0 radical (unpaired) electrons. The second-order valence-corrected chi connectivity index (χ2v) is 6.93. The van der Waals surface area contributed by atoms with Gasteiger partial charge in [-0.1, -0.05) is 71.8 Å². The summed E-state index contributed by atoms with van der Waals surface area (Å²) in [5.74, 6) is -0.129. The molecular weight excluding hydrogens is 322 g/mol. The molecule has 2 aromatic carbocycles. The Morgan fingerprint density at radius 1 is 1.00 bits per heavy atom. The molecule has 2 aromatic rings. The van der Waals surface area contributed by atoms with Gasteiger partial charge in [-0.25, -0.2) is 0 Å². The zero-order valence-corrected chi connectivity index (χ0v) is 15.8. The molecule has 1 aliphatic rings. The zero-order valence-electron chi connectivity index (χ0n) is 15.8. The monoisotopic (exact) mass is 349 g/mol. The van der Waals surface area contributed by atoms with Crippen molar-refractivity contribution in [1.82, 2.24) is 4.90 Å². The van der Waals surface area contributed by atoms with E-state index >= 15 is 0 Å². The van der Waals surface area contributed by atoms with Gasteiger partial charge in [-0.05, 0) is 38.3 Å². The van der Waals surface area contributed by atoms with Crippen LogP contribution >= 0.6 is 0 Å². The van der Waals surface area contributed by atoms with E-state index in [-0.39, 0.29) is 18.1 Å². The molecule has 1 heterocycles. The standard InChI is InChI=1S/C23H27NO2/c1-4-26-23(25)21-15-17(2)18(3)16-24(21)22(19-11-7-5-8-12-19)20-13-9-6-10-14-20/h5-14,21-22H,4,15-16H2,1-3H3. The number of rotatable bonds is 5. The minimum absolute atomic E-state index is 0.0230. The van der Waals surface area contributed by atoms with E-state index in [0.717, 1.165) is 13.0 Å². The molecule has 3 heteroatoms. The van der Waals surface area contributed by atoms with Crippen LogP contribution in [0.25, 0.3) is 0 Å². The molecule has 3 rings (SSSR count). The van der Waals surface area contributed by atoms with Gasteiger partial charge in [0.2, 0.25) is 0 Å². The Labute approximate surface area is 156 Å². The number of esters is 1. The molecule has 26 heavy (non-hydrogen) atoms. The summed E-state index contributed by atoms with van der Waals surface area (Å²) in [6.45, 7) is 7.33. The molecule has 0 amide bonds. The first-order chi connectivity index (χ1) is 12.6. The zero-order chi connectivity index (χ0) is 18.5. The SMILES string of the molecule is CCOC(=O)C1CC(C)=C(C)CN1C(c1ccccc1)c1ccccc1. The molecule has 0 aliphatic carbocycles. The Morgan fingerprint density at radius 3 is 2.04 bits per heavy atom. The molecule has 1 unspecified atom stereocenters. The second-order valence-electron chi connectivity index (χ2n) is 6.93. The lowest BCUT2D eigenvalue weighted by molar-refractivity contribution is -0.150. The van der Waals surface area contributed by atoms with Crippen LogP contribution in [-0.2, 0) is 9.53 Å². The van der Waals surface area contributed by atoms with Crippen LogP contribution in [0.4, 0.5) is 0 Å². The third-order valence-electron chi connectivity index (χ3n) is 5.17. The Hall–Kier alpha value is -2.39. The van der Waals surface area contributed by atoms with Gasteiger partial charge in [0.15, 0.2) is 0 Å². The van der Waals surface area contributed by atoms with Gasteiger partial charge in [-0.3, -0.25) is 9.69 Å². The first-order valence-corrected chi connectivity index (χ1v) is 9.29. The van der Waals surface area contributed by atoms with Gasteiger partial charge in [-0.15, -0.1) is 0 Å². The number of carbonyl (C=O) groups is 1. The molecule has 0 saturated carbocycles. The third-order valence-corrected chi connectivity index (χ3v) is 5.17. The van der Waals surface area contributed by atoms with Gasteiger partial charge in [0, 0.05) is 6.54 Å². The number of benzene rings is 2. The smallest absolute Gasteiger partial charge is 0.323 e. The highest BCUT2D eigenvalue weighted by Crippen LogP contribution is 2.36. The van der Waals surface area contributed by atoms with Crippen molar-refractivity contribution < 1.29 is 9.53 Å². The molecule has 1 aliphatic heterocycles. The van der Waals surface area contributed by atoms with E-state index in [1.807, 2.05) is 19.1 Å². The number of hydrogen-bond acceptors (Lipinski definition) is 3. The molecule has 0 aromatic heterocycles. The van der Waals surface area contributed by atoms with E-state index in [1.165, 1.54) is 22.3 Å². The van der Waals surface area contributed by atoms with Crippen LogP contribution in [0.15, 0.2) is 71.8 Å². The van der Waals surface area contributed by atoms with Crippen molar-refractivity contribution in [3.8, 4) is 0 Å². The van der Waals surface area contributed by atoms with Gasteiger partial charge in [-0.2, -0.15) is 0 Å². The molecule has 3 nitrogen and oxygen atoms in total. The summed E-state index contributed by atoms with van der Waals surface area (Å²) in [6.07, 6.45) is 0.723. The number of nitrogens with zero attached hydrogens (tertiary/aromatic N) is 1. The quantitative estimate of drug-likeness (QED) is 0.576. The highest BCUT2D eigenvalue weighted by Gasteiger charge is 2.37. The lowest BCUT2D eigenvalue weighted by Crippen LogP contribution is -2.48. The fourth-order valence-corrected chi connectivity index (χ4v) is 3.67. The summed E-state index contributed by atoms with van der Waals surface area (Å²) in [5.41, 5.74) is 5.02. The Balaban J connectivity index is 2.07. The van der Waals surface area contributed by atoms with E-state index in [4.69, 9.17) is 4.74 Å². The number of ether oxygens (including phenoxy) is 1. The molecular formula is C23H27NO2. The molecule has 1 atom stereocenters. The number of hydrogen-bond donors (Lipinski definition) is 0. The molecule has 0 spiro atoms. The highest BCUT2D eigenvalue weighted by atomic mass is 16.5. The van der Waals surface area contributed by atoms with Gasteiger partial charge >= 0.3 is 5.97 Å². The Bertz CT molecular complexity index is 728. The van der Waals surface area contributed by atoms with Gasteiger partial charge in [0.1, 0.15) is 6.04 Å². The third kappa shape index (κ3) is 3.88. The van der Waals surface area contributed by atoms with Crippen LogP contribution in [0.5, 0.6) is 0 Å². The van der Waals surface area contributed by atoms with Crippen molar-refractivity contribution in [2.75, 3.05) is 13.2 Å². The normalized spacial score (nSPS) is 18.2. The van der Waals surface area contributed by atoms with Crippen LogP contribution in [0.1, 0.15) is 44.4 Å². The average Bonchev–Trinajstić information content (AvgIpc) is 2.66. The molecule has 0 saturated heterocycles. The minimum atomic E-state index is -0.260. The maximum Gasteiger partial charge on any atom is 0.323 e. The van der Waals surface area contributed by atoms with E-state index in [0.29, 0.717) is 6.61 Å². The Morgan fingerprint density at radius 2 is 1.54 bits per heavy atom. The fraction of sp³-hybridized carbons (Fsp3) is 0.348. The fourth-order valence-electron chi connectivity index (χ4n) is 3.67. The van der Waals surface area contributed by atoms with Crippen molar-refractivity contribution in [3.05, 3.63) is 82.9 Å². The second kappa shape index (κ2) is 8.33. The predicted octanol–water partition coefficient (Wildman–Crippen LogP) is 4.75. The summed E-state index contributed by atoms with van der Waals surface area (Å²) in [6, 6.07) is 20.6. The van der Waals surface area contributed by atoms with Crippen LogP contribution in [0.3, 0.4) is 0 Å². The summed E-state index contributed by atoms with van der Waals surface area (Å²) < 4.78 is 5.41. The maximum absolute atomic E-state index is 12.7. The van der Waals surface area contributed by atoms with E-state index in [2.05, 4.69) is 67.3 Å². The van der Waals surface area contributed by atoms with Crippen molar-refractivity contribution in [1.29, 1.82) is 0 Å². The van der Waals surface area contributed by atoms with Crippen LogP contribution in [0.2, 0.25) is 0 Å². The van der Waals surface area contributed by atoms with Crippen molar-refractivity contribution in [2.45, 2.75) is 39.3 Å². The summed E-state index contributed by atoms with van der Waals surface area (Å²) in [5, 5.41) is 0. The van der Waals surface area contributed by atoms with E-state index in [9.17, 15) is 4.79 Å². The summed E-state index contributed by atoms with van der Waals surface area (Å²) in [4.78, 5) is 15.0. The summed E-state index contributed by atoms with van der Waals surface area (Å²) >= 11 is 0. The van der Waals surface area contributed by atoms with Crippen molar-refractivity contribution >= 4 is 5.97 Å². The first kappa shape index (κ1) is 18.4. The molecule has 0 bridgehead atoms. The lowest BCUT2D eigenvalue weighted by atomic mass is 9.89.